The van der Waals surface area contributed by atoms with Crippen LogP contribution in [0.5, 0.6) is 0 Å². The Morgan fingerprint density at radius 3 is 2.39 bits per heavy atom. The zero-order valence-electron chi connectivity index (χ0n) is 19.9. The van der Waals surface area contributed by atoms with Gasteiger partial charge in [-0.15, -0.1) is 5.10 Å². The van der Waals surface area contributed by atoms with Crippen LogP contribution in [0.2, 0.25) is 5.02 Å². The van der Waals surface area contributed by atoms with Crippen molar-refractivity contribution in [2.24, 2.45) is 12.1 Å². The van der Waals surface area contributed by atoms with Gasteiger partial charge in [0.25, 0.3) is 5.91 Å². The lowest BCUT2D eigenvalue weighted by atomic mass is 9.91. The van der Waals surface area contributed by atoms with Crippen molar-refractivity contribution in [3.8, 4) is 0 Å². The SMILES string of the molecule is CNC(=O)c1ccc(Cn2nc(N3CC(c4ccccc4)C(c4ccc(Cl)cc4)=N3)n(C)c2=O)cc1. The maximum Gasteiger partial charge on any atom is 0.347 e. The average Bonchev–Trinajstić information content (AvgIpc) is 3.47. The second kappa shape index (κ2) is 9.83. The van der Waals surface area contributed by atoms with E-state index in [-0.39, 0.29) is 24.1 Å². The smallest absolute Gasteiger partial charge is 0.347 e. The molecular formula is C27H25ClN6O2. The van der Waals surface area contributed by atoms with Crippen LogP contribution in [0.25, 0.3) is 0 Å². The molecule has 4 aromatic rings. The zero-order valence-corrected chi connectivity index (χ0v) is 20.7. The first-order chi connectivity index (χ1) is 17.4. The lowest BCUT2D eigenvalue weighted by Crippen LogP contribution is -2.25. The number of amides is 1. The fourth-order valence-corrected chi connectivity index (χ4v) is 4.46. The van der Waals surface area contributed by atoms with Gasteiger partial charge in [-0.1, -0.05) is 66.2 Å². The standard InChI is InChI=1S/C27H25ClN6O2/c1-29-25(35)21-10-8-18(9-11-21)16-34-27(36)32(2)26(31-34)33-17-23(19-6-4-3-5-7-19)24(30-33)20-12-14-22(28)15-13-20/h3-15,23H,16-17H2,1-2H3,(H,29,35). The number of aromatic nitrogens is 3. The van der Waals surface area contributed by atoms with Crippen molar-refractivity contribution in [3.05, 3.63) is 117 Å². The van der Waals surface area contributed by atoms with Crippen molar-refractivity contribution in [2.45, 2.75) is 12.5 Å². The summed E-state index contributed by atoms with van der Waals surface area (Å²) >= 11 is 6.11. The zero-order chi connectivity index (χ0) is 25.2. The largest absolute Gasteiger partial charge is 0.355 e. The summed E-state index contributed by atoms with van der Waals surface area (Å²) in [6.45, 7) is 0.831. The van der Waals surface area contributed by atoms with Crippen molar-refractivity contribution in [2.75, 3.05) is 18.6 Å². The molecule has 0 saturated carbocycles. The molecule has 0 bridgehead atoms. The summed E-state index contributed by atoms with van der Waals surface area (Å²) in [7, 11) is 3.29. The van der Waals surface area contributed by atoms with Crippen LogP contribution in [-0.4, -0.2) is 39.6 Å². The molecule has 9 heteroatoms. The number of hydrogen-bond donors (Lipinski definition) is 1. The summed E-state index contributed by atoms with van der Waals surface area (Å²) in [5.74, 6) is 0.312. The Kier molecular flexibility index (Phi) is 6.43. The second-order valence-corrected chi connectivity index (χ2v) is 9.05. The van der Waals surface area contributed by atoms with Crippen molar-refractivity contribution >= 4 is 29.2 Å². The number of hydrogen-bond acceptors (Lipinski definition) is 5. The second-order valence-electron chi connectivity index (χ2n) is 8.61. The number of carbonyl (C=O) groups excluding carboxylic acids is 1. The summed E-state index contributed by atoms with van der Waals surface area (Å²) in [4.78, 5) is 24.8. The van der Waals surface area contributed by atoms with Crippen LogP contribution in [-0.2, 0) is 13.6 Å². The molecule has 36 heavy (non-hydrogen) atoms. The third-order valence-corrected chi connectivity index (χ3v) is 6.53. The van der Waals surface area contributed by atoms with E-state index in [0.29, 0.717) is 23.1 Å². The van der Waals surface area contributed by atoms with Gasteiger partial charge in [0.2, 0.25) is 5.95 Å². The molecule has 1 N–H and O–H groups in total. The number of nitrogens with one attached hydrogen (secondary N) is 1. The van der Waals surface area contributed by atoms with Gasteiger partial charge in [-0.2, -0.15) is 5.10 Å². The first-order valence-electron chi connectivity index (χ1n) is 11.6. The topological polar surface area (TPSA) is 84.5 Å². The lowest BCUT2D eigenvalue weighted by Gasteiger charge is -2.15. The maximum atomic E-state index is 13.0. The molecule has 0 saturated heterocycles. The molecular weight excluding hydrogens is 476 g/mol. The van der Waals surface area contributed by atoms with E-state index in [4.69, 9.17) is 16.7 Å². The highest BCUT2D eigenvalue weighted by atomic mass is 35.5. The van der Waals surface area contributed by atoms with Gasteiger partial charge in [0.05, 0.1) is 18.8 Å². The van der Waals surface area contributed by atoms with Crippen LogP contribution in [0.3, 0.4) is 0 Å². The van der Waals surface area contributed by atoms with Crippen LogP contribution in [0, 0.1) is 0 Å². The summed E-state index contributed by atoms with van der Waals surface area (Å²) < 4.78 is 2.92. The Hall–Kier alpha value is -4.17. The monoisotopic (exact) mass is 500 g/mol. The first kappa shape index (κ1) is 23.6. The van der Waals surface area contributed by atoms with Crippen molar-refractivity contribution < 1.29 is 4.79 Å². The minimum Gasteiger partial charge on any atom is -0.355 e. The molecule has 182 valence electrons. The number of hydrazone groups is 1. The first-order valence-corrected chi connectivity index (χ1v) is 11.9. The van der Waals surface area contributed by atoms with Gasteiger partial charge in [-0.3, -0.25) is 9.36 Å². The van der Waals surface area contributed by atoms with Gasteiger partial charge < -0.3 is 5.32 Å². The maximum absolute atomic E-state index is 13.0. The molecule has 2 heterocycles. The molecule has 0 aliphatic carbocycles. The molecule has 1 aliphatic rings. The van der Waals surface area contributed by atoms with Crippen molar-refractivity contribution in [1.82, 2.24) is 19.7 Å². The Morgan fingerprint density at radius 1 is 1.03 bits per heavy atom. The summed E-state index contributed by atoms with van der Waals surface area (Å²) in [6, 6.07) is 24.9. The highest BCUT2D eigenvalue weighted by Gasteiger charge is 2.32. The fraction of sp³-hybridized carbons (Fsp3) is 0.185. The van der Waals surface area contributed by atoms with Gasteiger partial charge >= 0.3 is 5.69 Å². The minimum atomic E-state index is -0.244. The van der Waals surface area contributed by atoms with E-state index < -0.39 is 0 Å². The Morgan fingerprint density at radius 2 is 1.72 bits per heavy atom. The molecule has 1 atom stereocenters. The minimum absolute atomic E-state index is 0.00452. The van der Waals surface area contributed by atoms with Crippen molar-refractivity contribution in [3.63, 3.8) is 0 Å². The molecule has 0 radical (unpaired) electrons. The molecule has 1 aliphatic heterocycles. The quantitative estimate of drug-likeness (QED) is 0.438. The van der Waals surface area contributed by atoms with E-state index in [1.165, 1.54) is 9.25 Å². The molecule has 1 amide bonds. The Bertz CT molecular complexity index is 1470. The Labute approximate surface area is 213 Å². The van der Waals surface area contributed by atoms with E-state index in [0.717, 1.165) is 22.4 Å². The number of halogens is 1. The van der Waals surface area contributed by atoms with Crippen LogP contribution >= 0.6 is 11.6 Å². The van der Waals surface area contributed by atoms with Crippen LogP contribution < -0.4 is 16.0 Å². The number of rotatable bonds is 6. The Balaban J connectivity index is 1.46. The van der Waals surface area contributed by atoms with E-state index in [1.807, 2.05) is 54.6 Å². The highest BCUT2D eigenvalue weighted by Crippen LogP contribution is 2.31. The third-order valence-electron chi connectivity index (χ3n) is 6.28. The van der Waals surface area contributed by atoms with E-state index in [2.05, 4.69) is 22.5 Å². The fourth-order valence-electron chi connectivity index (χ4n) is 4.34. The van der Waals surface area contributed by atoms with Gasteiger partial charge in [0.15, 0.2) is 0 Å². The molecule has 1 unspecified atom stereocenters. The molecule has 5 rings (SSSR count). The summed E-state index contributed by atoms with van der Waals surface area (Å²) in [6.07, 6.45) is 0. The third kappa shape index (κ3) is 4.55. The number of nitrogens with zero attached hydrogens (tertiary/aromatic N) is 5. The van der Waals surface area contributed by atoms with Gasteiger partial charge in [-0.25, -0.2) is 14.5 Å². The summed E-state index contributed by atoms with van der Waals surface area (Å²) in [5, 5.41) is 14.6. The van der Waals surface area contributed by atoms with Crippen LogP contribution in [0.15, 0.2) is 88.8 Å². The molecule has 1 aromatic heterocycles. The van der Waals surface area contributed by atoms with E-state index in [1.54, 1.807) is 31.2 Å². The molecule has 3 aromatic carbocycles. The van der Waals surface area contributed by atoms with Gasteiger partial charge in [0, 0.05) is 30.6 Å². The number of carbonyl (C=O) groups is 1. The highest BCUT2D eigenvalue weighted by molar-refractivity contribution is 6.30. The molecule has 0 spiro atoms. The number of anilines is 1. The van der Waals surface area contributed by atoms with Crippen molar-refractivity contribution in [1.29, 1.82) is 0 Å². The van der Waals surface area contributed by atoms with Gasteiger partial charge in [0.1, 0.15) is 0 Å². The van der Waals surface area contributed by atoms with Gasteiger partial charge in [-0.05, 0) is 41.0 Å². The average molecular weight is 501 g/mol. The van der Waals surface area contributed by atoms with E-state index >= 15 is 0 Å². The van der Waals surface area contributed by atoms with E-state index in [9.17, 15) is 9.59 Å². The molecule has 8 nitrogen and oxygen atoms in total. The summed E-state index contributed by atoms with van der Waals surface area (Å²) in [5.41, 5.74) is 4.17. The number of benzene rings is 3. The van der Waals surface area contributed by atoms with Crippen LogP contribution in [0.1, 0.15) is 33.0 Å². The predicted molar refractivity (Wildman–Crippen MR) is 141 cm³/mol. The molecule has 0 fully saturated rings. The predicted octanol–water partition coefficient (Wildman–Crippen LogP) is 3.65. The van der Waals surface area contributed by atoms with Crippen LogP contribution in [0.4, 0.5) is 5.95 Å². The lowest BCUT2D eigenvalue weighted by molar-refractivity contribution is 0.0963. The normalized spacial score (nSPS) is 15.1.